The lowest BCUT2D eigenvalue weighted by atomic mass is 9.79. The topological polar surface area (TPSA) is 38.1 Å². The first-order valence-electron chi connectivity index (χ1n) is 13.1. The lowest BCUT2D eigenvalue weighted by Crippen LogP contribution is -2.41. The van der Waals surface area contributed by atoms with E-state index in [1.54, 1.807) is 0 Å². The van der Waals surface area contributed by atoms with E-state index in [-0.39, 0.29) is 0 Å². The molecule has 1 heterocycles. The maximum Gasteiger partial charge on any atom is 0.224 e. The van der Waals surface area contributed by atoms with Gasteiger partial charge in [-0.2, -0.15) is 0 Å². The summed E-state index contributed by atoms with van der Waals surface area (Å²) >= 11 is 3.61. The number of aryl methyl sites for hydroxylation is 1. The van der Waals surface area contributed by atoms with Crippen LogP contribution in [0.15, 0.2) is 22.7 Å². The summed E-state index contributed by atoms with van der Waals surface area (Å²) in [5.41, 5.74) is 2.23. The van der Waals surface area contributed by atoms with Gasteiger partial charge in [-0.3, -0.25) is 4.79 Å². The minimum atomic E-state index is 0.316. The fraction of sp³-hybridized carbons (Fsp3) is 0.704. The van der Waals surface area contributed by atoms with Gasteiger partial charge in [0.15, 0.2) is 0 Å². The van der Waals surface area contributed by atoms with Gasteiger partial charge in [0.05, 0.1) is 11.0 Å². The average molecular weight is 503 g/mol. The Labute approximate surface area is 202 Å². The van der Waals surface area contributed by atoms with E-state index in [1.165, 1.54) is 82.0 Å². The van der Waals surface area contributed by atoms with Gasteiger partial charge >= 0.3 is 0 Å². The maximum atomic E-state index is 13.2. The van der Waals surface area contributed by atoms with Crippen LogP contribution in [-0.2, 0) is 11.3 Å². The van der Waals surface area contributed by atoms with Gasteiger partial charge in [-0.1, -0.05) is 55.0 Å². The number of halogens is 1. The summed E-state index contributed by atoms with van der Waals surface area (Å²) in [7, 11) is 0. The normalized spacial score (nSPS) is 22.3. The molecule has 2 aromatic rings. The molecule has 2 saturated carbocycles. The Morgan fingerprint density at radius 1 is 1.09 bits per heavy atom. The number of imidazole rings is 1. The molecule has 0 N–H and O–H groups in total. The van der Waals surface area contributed by atoms with Crippen LogP contribution < -0.4 is 0 Å². The van der Waals surface area contributed by atoms with Crippen molar-refractivity contribution in [3.8, 4) is 0 Å². The van der Waals surface area contributed by atoms with Gasteiger partial charge in [0.25, 0.3) is 0 Å². The van der Waals surface area contributed by atoms with Crippen molar-refractivity contribution >= 4 is 32.9 Å². The van der Waals surface area contributed by atoms with Gasteiger partial charge in [-0.15, -0.1) is 0 Å². The standard InChI is InChI=1S/C27H40BrN3O/c1-3-8-20-11-13-21(14-12-20)27-29-24-19-22(28)15-16-25(24)31(27)18-17-26(32)30(4-2)23-9-6-5-7-10-23/h15-16,19-21,23H,3-14,17-18H2,1-2H3. The van der Waals surface area contributed by atoms with Gasteiger partial charge < -0.3 is 9.47 Å². The third-order valence-corrected chi connectivity index (χ3v) is 8.37. The first kappa shape index (κ1) is 23.8. The molecule has 176 valence electrons. The predicted molar refractivity (Wildman–Crippen MR) is 136 cm³/mol. The van der Waals surface area contributed by atoms with E-state index < -0.39 is 0 Å². The quantitative estimate of drug-likeness (QED) is 0.376. The fourth-order valence-electron chi connectivity index (χ4n) is 6.17. The summed E-state index contributed by atoms with van der Waals surface area (Å²) in [4.78, 5) is 20.5. The molecule has 0 spiro atoms. The zero-order valence-corrected chi connectivity index (χ0v) is 21.6. The van der Waals surface area contributed by atoms with Crippen molar-refractivity contribution < 1.29 is 4.79 Å². The molecule has 1 amide bonds. The Morgan fingerprint density at radius 2 is 1.84 bits per heavy atom. The SMILES string of the molecule is CCCC1CCC(c2nc3cc(Br)ccc3n2CCC(=O)N(CC)C2CCCCC2)CC1. The molecule has 5 heteroatoms. The van der Waals surface area contributed by atoms with E-state index in [2.05, 4.69) is 57.4 Å². The van der Waals surface area contributed by atoms with Gasteiger partial charge in [0.2, 0.25) is 5.91 Å². The molecule has 2 fully saturated rings. The average Bonchev–Trinajstić information content (AvgIpc) is 3.17. The Balaban J connectivity index is 1.52. The van der Waals surface area contributed by atoms with E-state index >= 15 is 0 Å². The fourth-order valence-corrected chi connectivity index (χ4v) is 6.52. The zero-order chi connectivity index (χ0) is 22.5. The highest BCUT2D eigenvalue weighted by molar-refractivity contribution is 9.10. The van der Waals surface area contributed by atoms with Crippen LogP contribution in [0.4, 0.5) is 0 Å². The molecular weight excluding hydrogens is 462 g/mol. The minimum absolute atomic E-state index is 0.316. The number of hydrogen-bond donors (Lipinski definition) is 0. The molecule has 0 saturated heterocycles. The molecule has 0 unspecified atom stereocenters. The molecule has 0 atom stereocenters. The second-order valence-electron chi connectivity index (χ2n) is 9.98. The van der Waals surface area contributed by atoms with Gasteiger partial charge in [-0.25, -0.2) is 4.98 Å². The third kappa shape index (κ3) is 5.40. The van der Waals surface area contributed by atoms with Crippen molar-refractivity contribution in [3.05, 3.63) is 28.5 Å². The van der Waals surface area contributed by atoms with E-state index in [4.69, 9.17) is 4.98 Å². The van der Waals surface area contributed by atoms with Crippen LogP contribution in [-0.4, -0.2) is 32.9 Å². The summed E-state index contributed by atoms with van der Waals surface area (Å²) < 4.78 is 3.44. The summed E-state index contributed by atoms with van der Waals surface area (Å²) in [5.74, 6) is 2.93. The Kier molecular flexibility index (Phi) is 8.31. The highest BCUT2D eigenvalue weighted by Gasteiger charge is 2.28. The number of fused-ring (bicyclic) bond motifs is 1. The van der Waals surface area contributed by atoms with E-state index in [0.717, 1.165) is 29.0 Å². The van der Waals surface area contributed by atoms with E-state index in [1.807, 2.05) is 0 Å². The number of amides is 1. The van der Waals surface area contributed by atoms with Crippen LogP contribution in [0.2, 0.25) is 0 Å². The Bertz CT molecular complexity index is 894. The highest BCUT2D eigenvalue weighted by atomic mass is 79.9. The molecule has 0 bridgehead atoms. The van der Waals surface area contributed by atoms with Gasteiger partial charge in [0, 0.05) is 35.9 Å². The highest BCUT2D eigenvalue weighted by Crippen LogP contribution is 2.38. The monoisotopic (exact) mass is 501 g/mol. The first-order chi connectivity index (χ1) is 15.6. The summed E-state index contributed by atoms with van der Waals surface area (Å²) in [5, 5.41) is 0. The van der Waals surface area contributed by atoms with Crippen molar-refractivity contribution in [2.75, 3.05) is 6.54 Å². The molecule has 2 aliphatic carbocycles. The van der Waals surface area contributed by atoms with Gasteiger partial charge in [-0.05, 0) is 69.6 Å². The van der Waals surface area contributed by atoms with Gasteiger partial charge in [0.1, 0.15) is 5.82 Å². The summed E-state index contributed by atoms with van der Waals surface area (Å²) in [6.45, 7) is 6.00. The van der Waals surface area contributed by atoms with Crippen molar-refractivity contribution in [3.63, 3.8) is 0 Å². The van der Waals surface area contributed by atoms with Crippen LogP contribution in [0.3, 0.4) is 0 Å². The largest absolute Gasteiger partial charge is 0.340 e. The molecule has 2 aliphatic rings. The molecule has 0 radical (unpaired) electrons. The predicted octanol–water partition coefficient (Wildman–Crippen LogP) is 7.44. The number of hydrogen-bond acceptors (Lipinski definition) is 2. The zero-order valence-electron chi connectivity index (χ0n) is 20.0. The number of carbonyl (C=O) groups excluding carboxylic acids is 1. The first-order valence-corrected chi connectivity index (χ1v) is 13.8. The Hall–Kier alpha value is -1.36. The van der Waals surface area contributed by atoms with Crippen LogP contribution in [0, 0.1) is 5.92 Å². The number of rotatable bonds is 8. The van der Waals surface area contributed by atoms with Crippen LogP contribution >= 0.6 is 15.9 Å². The maximum absolute atomic E-state index is 13.2. The Morgan fingerprint density at radius 3 is 2.53 bits per heavy atom. The number of benzene rings is 1. The smallest absolute Gasteiger partial charge is 0.224 e. The van der Waals surface area contributed by atoms with Crippen LogP contribution in [0.25, 0.3) is 11.0 Å². The van der Waals surface area contributed by atoms with Crippen LogP contribution in [0.5, 0.6) is 0 Å². The number of nitrogens with zero attached hydrogens (tertiary/aromatic N) is 3. The summed E-state index contributed by atoms with van der Waals surface area (Å²) in [6, 6.07) is 6.84. The van der Waals surface area contributed by atoms with Crippen molar-refractivity contribution in [2.45, 2.75) is 109 Å². The number of carbonyl (C=O) groups is 1. The third-order valence-electron chi connectivity index (χ3n) is 7.87. The molecule has 1 aromatic heterocycles. The molecule has 4 rings (SSSR count). The van der Waals surface area contributed by atoms with Crippen molar-refractivity contribution in [2.24, 2.45) is 5.92 Å². The lowest BCUT2D eigenvalue weighted by molar-refractivity contribution is -0.134. The second-order valence-corrected chi connectivity index (χ2v) is 10.9. The molecule has 4 nitrogen and oxygen atoms in total. The van der Waals surface area contributed by atoms with Crippen molar-refractivity contribution in [1.82, 2.24) is 14.5 Å². The van der Waals surface area contributed by atoms with Crippen LogP contribution in [0.1, 0.15) is 103 Å². The summed E-state index contributed by atoms with van der Waals surface area (Å²) in [6.07, 6.45) is 14.5. The van der Waals surface area contributed by atoms with E-state index in [9.17, 15) is 4.79 Å². The van der Waals surface area contributed by atoms with E-state index in [0.29, 0.717) is 24.3 Å². The molecular formula is C27H40BrN3O. The molecule has 0 aliphatic heterocycles. The van der Waals surface area contributed by atoms with Crippen molar-refractivity contribution in [1.29, 1.82) is 0 Å². The lowest BCUT2D eigenvalue weighted by Gasteiger charge is -2.34. The molecule has 1 aromatic carbocycles. The second kappa shape index (κ2) is 11.2. The minimum Gasteiger partial charge on any atom is -0.340 e. The number of aromatic nitrogens is 2. The molecule has 32 heavy (non-hydrogen) atoms.